The largest absolute Gasteiger partial charge is 0.267 e. The Hall–Kier alpha value is -1.33. The third-order valence-electron chi connectivity index (χ3n) is 0.571. The molecule has 0 amide bonds. The van der Waals surface area contributed by atoms with Gasteiger partial charge in [0.2, 0.25) is 0 Å². The van der Waals surface area contributed by atoms with Crippen molar-refractivity contribution in [1.29, 1.82) is 5.26 Å². The highest BCUT2D eigenvalue weighted by atomic mass is 14.2. The number of hydrogen-bond donors (Lipinski definition) is 0. The second-order valence-corrected chi connectivity index (χ2v) is 1.21. The Balaban J connectivity index is 3.37. The molecule has 0 spiro atoms. The van der Waals surface area contributed by atoms with Gasteiger partial charge in [0, 0.05) is 0 Å². The van der Waals surface area contributed by atoms with Crippen LogP contribution in [0.15, 0.2) is 0 Å². The minimum atomic E-state index is 0.505. The summed E-state index contributed by atoms with van der Waals surface area (Å²) >= 11 is 0. The predicted molar refractivity (Wildman–Crippen MR) is 37.4 cm³/mol. The topological polar surface area (TPSA) is 23.8 Å². The Morgan fingerprint density at radius 3 is 2.78 bits per heavy atom. The molecule has 0 aromatic rings. The molecule has 1 nitrogen and oxygen atoms in total. The molecule has 0 aromatic heterocycles. The summed E-state index contributed by atoms with van der Waals surface area (Å²) in [7, 11) is 1.43. The SMILES string of the molecule is CC#CC#CC[B]C#N. The van der Waals surface area contributed by atoms with E-state index in [1.54, 1.807) is 6.92 Å². The van der Waals surface area contributed by atoms with Crippen LogP contribution in [-0.2, 0) is 0 Å². The quantitative estimate of drug-likeness (QED) is 0.278. The van der Waals surface area contributed by atoms with E-state index < -0.39 is 0 Å². The Kier molecular flexibility index (Phi) is 5.69. The highest BCUT2D eigenvalue weighted by molar-refractivity contribution is 6.45. The van der Waals surface area contributed by atoms with Crippen LogP contribution in [0, 0.1) is 34.9 Å². The second-order valence-electron chi connectivity index (χ2n) is 1.21. The molecular weight excluding hydrogens is 109 g/mol. The molecule has 0 atom stereocenters. The van der Waals surface area contributed by atoms with Crippen molar-refractivity contribution in [2.45, 2.75) is 13.2 Å². The molecule has 0 fully saturated rings. The number of hydrogen-bond acceptors (Lipinski definition) is 1. The Morgan fingerprint density at radius 2 is 2.22 bits per heavy atom. The zero-order chi connectivity index (χ0) is 6.95. The van der Waals surface area contributed by atoms with E-state index in [1.165, 1.54) is 7.28 Å². The number of rotatable bonds is 1. The van der Waals surface area contributed by atoms with E-state index in [1.807, 2.05) is 5.97 Å². The van der Waals surface area contributed by atoms with Crippen LogP contribution in [0.5, 0.6) is 0 Å². The molecule has 0 aromatic carbocycles. The fraction of sp³-hybridized carbons (Fsp3) is 0.286. The predicted octanol–water partition coefficient (Wildman–Crippen LogP) is 0.617. The fourth-order valence-electron chi connectivity index (χ4n) is 0.254. The Morgan fingerprint density at radius 1 is 1.44 bits per heavy atom. The molecule has 0 saturated carbocycles. The maximum atomic E-state index is 8.01. The molecule has 0 rings (SSSR count). The first-order valence-corrected chi connectivity index (χ1v) is 2.52. The molecule has 9 heavy (non-hydrogen) atoms. The van der Waals surface area contributed by atoms with Crippen LogP contribution in [0.2, 0.25) is 6.32 Å². The van der Waals surface area contributed by atoms with Gasteiger partial charge in [0.05, 0.1) is 0 Å². The molecule has 0 aliphatic rings. The lowest BCUT2D eigenvalue weighted by atomic mass is 9.78. The monoisotopic (exact) mass is 114 g/mol. The highest BCUT2D eigenvalue weighted by Gasteiger charge is 1.77. The molecule has 0 aliphatic carbocycles. The highest BCUT2D eigenvalue weighted by Crippen LogP contribution is 1.69. The van der Waals surface area contributed by atoms with Crippen molar-refractivity contribution in [3.63, 3.8) is 0 Å². The zero-order valence-electron chi connectivity index (χ0n) is 5.23. The van der Waals surface area contributed by atoms with Crippen molar-refractivity contribution < 1.29 is 0 Å². The van der Waals surface area contributed by atoms with Gasteiger partial charge < -0.3 is 0 Å². The second kappa shape index (κ2) is 6.67. The van der Waals surface area contributed by atoms with E-state index in [-0.39, 0.29) is 0 Å². The van der Waals surface area contributed by atoms with Crippen LogP contribution in [0.3, 0.4) is 0 Å². The van der Waals surface area contributed by atoms with Crippen molar-refractivity contribution in [3.05, 3.63) is 0 Å². The van der Waals surface area contributed by atoms with Crippen molar-refractivity contribution in [2.24, 2.45) is 0 Å². The van der Waals surface area contributed by atoms with Gasteiger partial charge in [-0.05, 0) is 31.1 Å². The fourth-order valence-corrected chi connectivity index (χ4v) is 0.254. The lowest BCUT2D eigenvalue weighted by Crippen LogP contribution is -1.77. The standard InChI is InChI=1S/C7H5BN/c1-2-3-4-5-6-8-7-9/h6H2,1H3. The number of nitriles is 1. The summed E-state index contributed by atoms with van der Waals surface area (Å²) in [6, 6.07) is 0. The molecule has 0 heterocycles. The Bertz CT molecular complexity index is 215. The maximum absolute atomic E-state index is 8.01. The van der Waals surface area contributed by atoms with Crippen LogP contribution in [0.4, 0.5) is 0 Å². The zero-order valence-corrected chi connectivity index (χ0v) is 5.23. The first kappa shape index (κ1) is 7.67. The summed E-state index contributed by atoms with van der Waals surface area (Å²) in [5.74, 6) is 12.3. The van der Waals surface area contributed by atoms with E-state index in [4.69, 9.17) is 5.26 Å². The lowest BCUT2D eigenvalue weighted by molar-refractivity contribution is 1.56. The van der Waals surface area contributed by atoms with Gasteiger partial charge in [0.25, 0.3) is 7.28 Å². The van der Waals surface area contributed by atoms with Gasteiger partial charge in [-0.15, -0.1) is 0 Å². The molecular formula is C7H5BN. The third-order valence-corrected chi connectivity index (χ3v) is 0.571. The minimum absolute atomic E-state index is 0.505. The van der Waals surface area contributed by atoms with E-state index in [0.29, 0.717) is 6.32 Å². The molecule has 0 saturated heterocycles. The van der Waals surface area contributed by atoms with Crippen LogP contribution >= 0.6 is 0 Å². The van der Waals surface area contributed by atoms with Gasteiger partial charge in [-0.2, -0.15) is 0 Å². The molecule has 1 radical (unpaired) electrons. The van der Waals surface area contributed by atoms with Gasteiger partial charge in [0.15, 0.2) is 0 Å². The van der Waals surface area contributed by atoms with Crippen molar-refractivity contribution >= 4 is 7.28 Å². The van der Waals surface area contributed by atoms with Crippen LogP contribution in [0.25, 0.3) is 0 Å². The average molecular weight is 114 g/mol. The van der Waals surface area contributed by atoms with Gasteiger partial charge in [-0.25, -0.2) is 5.26 Å². The van der Waals surface area contributed by atoms with E-state index in [9.17, 15) is 0 Å². The van der Waals surface area contributed by atoms with Gasteiger partial charge in [0.1, 0.15) is 0 Å². The first-order valence-electron chi connectivity index (χ1n) is 2.52. The number of nitrogens with zero attached hydrogens (tertiary/aromatic N) is 1. The molecule has 0 bridgehead atoms. The van der Waals surface area contributed by atoms with Crippen LogP contribution < -0.4 is 0 Å². The average Bonchev–Trinajstić information content (AvgIpc) is 1.89. The van der Waals surface area contributed by atoms with E-state index >= 15 is 0 Å². The summed E-state index contributed by atoms with van der Waals surface area (Å²) in [6.45, 7) is 1.72. The molecule has 0 aliphatic heterocycles. The molecule has 0 N–H and O–H groups in total. The van der Waals surface area contributed by atoms with Crippen LogP contribution in [0.1, 0.15) is 6.92 Å². The van der Waals surface area contributed by atoms with E-state index in [2.05, 4.69) is 23.7 Å². The maximum Gasteiger partial charge on any atom is 0.267 e. The smallest absolute Gasteiger partial charge is 0.213 e. The third kappa shape index (κ3) is 6.67. The summed E-state index contributed by atoms with van der Waals surface area (Å²) in [5.41, 5.74) is 0. The molecule has 2 heteroatoms. The van der Waals surface area contributed by atoms with Gasteiger partial charge in [-0.3, -0.25) is 0 Å². The summed E-state index contributed by atoms with van der Waals surface area (Å²) in [5, 5.41) is 8.01. The Labute approximate surface area is 56.3 Å². The van der Waals surface area contributed by atoms with Gasteiger partial charge in [-0.1, -0.05) is 11.8 Å². The minimum Gasteiger partial charge on any atom is -0.213 e. The van der Waals surface area contributed by atoms with Gasteiger partial charge >= 0.3 is 0 Å². The lowest BCUT2D eigenvalue weighted by Gasteiger charge is -1.66. The molecule has 41 valence electrons. The summed E-state index contributed by atoms with van der Waals surface area (Å²) in [6.07, 6.45) is 0.505. The van der Waals surface area contributed by atoms with Crippen molar-refractivity contribution in [2.75, 3.05) is 0 Å². The molecule has 0 unspecified atom stereocenters. The van der Waals surface area contributed by atoms with Crippen LogP contribution in [-0.4, -0.2) is 7.28 Å². The van der Waals surface area contributed by atoms with Crippen molar-refractivity contribution in [3.8, 4) is 29.7 Å². The normalized spacial score (nSPS) is 4.89. The first-order chi connectivity index (χ1) is 4.41. The van der Waals surface area contributed by atoms with Crippen molar-refractivity contribution in [1.82, 2.24) is 0 Å². The summed E-state index contributed by atoms with van der Waals surface area (Å²) in [4.78, 5) is 0. The van der Waals surface area contributed by atoms with E-state index in [0.717, 1.165) is 0 Å². The summed E-state index contributed by atoms with van der Waals surface area (Å²) < 4.78 is 0.